The zero-order valence-electron chi connectivity index (χ0n) is 6.33. The van der Waals surface area contributed by atoms with E-state index < -0.39 is 0 Å². The van der Waals surface area contributed by atoms with Gasteiger partial charge < -0.3 is 4.52 Å². The van der Waals surface area contributed by atoms with Gasteiger partial charge in [-0.2, -0.15) is 0 Å². The Labute approximate surface area is 64.4 Å². The van der Waals surface area contributed by atoms with Gasteiger partial charge in [-0.15, -0.1) is 0 Å². The molecule has 11 heavy (non-hydrogen) atoms. The molecule has 2 rings (SSSR count). The van der Waals surface area contributed by atoms with Gasteiger partial charge in [0.15, 0.2) is 6.29 Å². The molecule has 0 aromatic carbocycles. The fourth-order valence-electron chi connectivity index (χ4n) is 1.06. The molecule has 0 atom stereocenters. The van der Waals surface area contributed by atoms with Crippen molar-refractivity contribution in [1.29, 1.82) is 0 Å². The molecule has 0 aliphatic heterocycles. The van der Waals surface area contributed by atoms with Crippen molar-refractivity contribution in [2.24, 2.45) is 0 Å². The fourth-order valence-corrected chi connectivity index (χ4v) is 1.06. The Morgan fingerprint density at radius 3 is 2.91 bits per heavy atom. The maximum Gasteiger partial charge on any atom is 0.171 e. The molecule has 1 aliphatic rings. The first-order chi connectivity index (χ1) is 5.24. The first kappa shape index (κ1) is 6.58. The summed E-state index contributed by atoms with van der Waals surface area (Å²) >= 11 is 0. The number of aldehydes is 1. The van der Waals surface area contributed by atoms with Crippen LogP contribution in [0.5, 0.6) is 0 Å². The van der Waals surface area contributed by atoms with Crippen molar-refractivity contribution in [3.8, 4) is 0 Å². The highest BCUT2D eigenvalue weighted by molar-refractivity contribution is 5.71. The highest BCUT2D eigenvalue weighted by atomic mass is 16.5. The second-order valence-electron chi connectivity index (χ2n) is 3.29. The van der Waals surface area contributed by atoms with E-state index in [4.69, 9.17) is 4.52 Å². The molecule has 1 aromatic rings. The van der Waals surface area contributed by atoms with Crippen LogP contribution in [0.25, 0.3) is 0 Å². The standard InChI is InChI=1S/C8H9NO2/c1-8(2-3-8)7-4-6(5-10)9-11-7/h4-5H,2-3H2,1H3. The lowest BCUT2D eigenvalue weighted by Crippen LogP contribution is -1.95. The predicted molar refractivity (Wildman–Crippen MR) is 38.5 cm³/mol. The van der Waals surface area contributed by atoms with Crippen LogP contribution in [-0.4, -0.2) is 11.4 Å². The van der Waals surface area contributed by atoms with Gasteiger partial charge in [-0.05, 0) is 12.8 Å². The summed E-state index contributed by atoms with van der Waals surface area (Å²) < 4.78 is 5.00. The van der Waals surface area contributed by atoms with Crippen LogP contribution in [0.1, 0.15) is 36.0 Å². The topological polar surface area (TPSA) is 43.1 Å². The molecule has 0 amide bonds. The Kier molecular flexibility index (Phi) is 1.16. The molecule has 1 aliphatic carbocycles. The van der Waals surface area contributed by atoms with E-state index in [1.807, 2.05) is 0 Å². The van der Waals surface area contributed by atoms with Crippen LogP contribution in [0.4, 0.5) is 0 Å². The highest BCUT2D eigenvalue weighted by Gasteiger charge is 2.42. The number of rotatable bonds is 2. The van der Waals surface area contributed by atoms with Gasteiger partial charge in [-0.1, -0.05) is 12.1 Å². The van der Waals surface area contributed by atoms with Gasteiger partial charge in [0.05, 0.1) is 0 Å². The van der Waals surface area contributed by atoms with Crippen molar-refractivity contribution in [2.75, 3.05) is 0 Å². The third kappa shape index (κ3) is 0.964. The average molecular weight is 151 g/mol. The van der Waals surface area contributed by atoms with Gasteiger partial charge >= 0.3 is 0 Å². The van der Waals surface area contributed by atoms with Crippen LogP contribution in [0.2, 0.25) is 0 Å². The largest absolute Gasteiger partial charge is 0.360 e. The summed E-state index contributed by atoms with van der Waals surface area (Å²) in [6.07, 6.45) is 2.99. The Hall–Kier alpha value is -1.12. The van der Waals surface area contributed by atoms with E-state index in [2.05, 4.69) is 12.1 Å². The Morgan fingerprint density at radius 1 is 1.73 bits per heavy atom. The van der Waals surface area contributed by atoms with Crippen molar-refractivity contribution in [3.63, 3.8) is 0 Å². The minimum absolute atomic E-state index is 0.175. The molecule has 3 nitrogen and oxygen atoms in total. The maximum absolute atomic E-state index is 10.2. The minimum atomic E-state index is 0.175. The van der Waals surface area contributed by atoms with Crippen molar-refractivity contribution < 1.29 is 9.32 Å². The van der Waals surface area contributed by atoms with E-state index in [0.29, 0.717) is 12.0 Å². The first-order valence-electron chi connectivity index (χ1n) is 3.67. The molecule has 0 unspecified atom stereocenters. The molecule has 0 N–H and O–H groups in total. The fraction of sp³-hybridized carbons (Fsp3) is 0.500. The lowest BCUT2D eigenvalue weighted by molar-refractivity contribution is 0.111. The molecule has 1 aromatic heterocycles. The molecule has 3 heteroatoms. The van der Waals surface area contributed by atoms with Gasteiger partial charge in [-0.25, -0.2) is 0 Å². The number of nitrogens with zero attached hydrogens (tertiary/aromatic N) is 1. The second-order valence-corrected chi connectivity index (χ2v) is 3.29. The monoisotopic (exact) mass is 151 g/mol. The molecule has 1 saturated carbocycles. The molecule has 1 heterocycles. The van der Waals surface area contributed by atoms with Crippen molar-refractivity contribution in [2.45, 2.75) is 25.2 Å². The summed E-state index contributed by atoms with van der Waals surface area (Å²) in [5, 5.41) is 3.60. The molecule has 0 bridgehead atoms. The smallest absolute Gasteiger partial charge is 0.171 e. The van der Waals surface area contributed by atoms with Crippen LogP contribution < -0.4 is 0 Å². The van der Waals surface area contributed by atoms with Crippen LogP contribution in [0.3, 0.4) is 0 Å². The van der Waals surface area contributed by atoms with E-state index in [1.54, 1.807) is 6.07 Å². The van der Waals surface area contributed by atoms with Crippen molar-refractivity contribution >= 4 is 6.29 Å². The van der Waals surface area contributed by atoms with Crippen LogP contribution >= 0.6 is 0 Å². The summed E-state index contributed by atoms with van der Waals surface area (Å²) in [4.78, 5) is 10.2. The number of hydrogen-bond donors (Lipinski definition) is 0. The molecule has 0 radical (unpaired) electrons. The average Bonchev–Trinajstić information content (AvgIpc) is 2.61. The van der Waals surface area contributed by atoms with Gasteiger partial charge in [-0.3, -0.25) is 4.79 Å². The van der Waals surface area contributed by atoms with Gasteiger partial charge in [0.2, 0.25) is 0 Å². The Bertz CT molecular complexity index is 286. The summed E-state index contributed by atoms with van der Waals surface area (Å²) in [5.74, 6) is 0.847. The quantitative estimate of drug-likeness (QED) is 0.602. The van der Waals surface area contributed by atoms with E-state index in [0.717, 1.165) is 18.6 Å². The lowest BCUT2D eigenvalue weighted by Gasteiger charge is -1.98. The van der Waals surface area contributed by atoms with E-state index >= 15 is 0 Å². The molecule has 0 saturated heterocycles. The summed E-state index contributed by atoms with van der Waals surface area (Å²) in [6.45, 7) is 2.11. The normalized spacial score (nSPS) is 19.7. The number of aromatic nitrogens is 1. The third-order valence-corrected chi connectivity index (χ3v) is 2.24. The third-order valence-electron chi connectivity index (χ3n) is 2.24. The molecule has 1 fully saturated rings. The van der Waals surface area contributed by atoms with E-state index in [1.165, 1.54) is 0 Å². The molecular formula is C8H9NO2. The summed E-state index contributed by atoms with van der Waals surface area (Å²) in [5.41, 5.74) is 0.571. The SMILES string of the molecule is CC1(c2cc(C=O)no2)CC1. The summed E-state index contributed by atoms with van der Waals surface area (Å²) in [7, 11) is 0. The zero-order chi connectivity index (χ0) is 7.90. The van der Waals surface area contributed by atoms with Gasteiger partial charge in [0.1, 0.15) is 11.5 Å². The van der Waals surface area contributed by atoms with Gasteiger partial charge in [0, 0.05) is 11.5 Å². The van der Waals surface area contributed by atoms with Crippen LogP contribution in [0, 0.1) is 0 Å². The number of carbonyl (C=O) groups is 1. The molecular weight excluding hydrogens is 142 g/mol. The van der Waals surface area contributed by atoms with Crippen LogP contribution in [-0.2, 0) is 5.41 Å². The molecule has 0 spiro atoms. The number of carbonyl (C=O) groups excluding carboxylic acids is 1. The van der Waals surface area contributed by atoms with Crippen molar-refractivity contribution in [1.82, 2.24) is 5.16 Å². The maximum atomic E-state index is 10.2. The Balaban J connectivity index is 2.32. The first-order valence-corrected chi connectivity index (χ1v) is 3.67. The predicted octanol–water partition coefficient (Wildman–Crippen LogP) is 1.54. The lowest BCUT2D eigenvalue weighted by atomic mass is 10.1. The van der Waals surface area contributed by atoms with E-state index in [9.17, 15) is 4.79 Å². The second kappa shape index (κ2) is 1.94. The minimum Gasteiger partial charge on any atom is -0.360 e. The zero-order valence-corrected chi connectivity index (χ0v) is 6.33. The Morgan fingerprint density at radius 2 is 2.45 bits per heavy atom. The molecule has 58 valence electrons. The van der Waals surface area contributed by atoms with E-state index in [-0.39, 0.29) is 5.41 Å². The van der Waals surface area contributed by atoms with Crippen molar-refractivity contribution in [3.05, 3.63) is 17.5 Å². The van der Waals surface area contributed by atoms with Gasteiger partial charge in [0.25, 0.3) is 0 Å². The highest BCUT2D eigenvalue weighted by Crippen LogP contribution is 2.47. The summed E-state index contributed by atoms with van der Waals surface area (Å²) in [6, 6.07) is 1.72. The van der Waals surface area contributed by atoms with Crippen LogP contribution in [0.15, 0.2) is 10.6 Å². The number of hydrogen-bond acceptors (Lipinski definition) is 3.